The van der Waals surface area contributed by atoms with E-state index in [0.717, 1.165) is 0 Å². The van der Waals surface area contributed by atoms with Gasteiger partial charge in [-0.2, -0.15) is 13.2 Å². The lowest BCUT2D eigenvalue weighted by Crippen LogP contribution is -2.35. The molecule has 1 fully saturated rings. The lowest BCUT2D eigenvalue weighted by atomic mass is 9.74. The summed E-state index contributed by atoms with van der Waals surface area (Å²) >= 11 is 2.91. The van der Waals surface area contributed by atoms with Crippen molar-refractivity contribution in [3.05, 3.63) is 33.5 Å². The molecule has 0 aliphatic heterocycles. The van der Waals surface area contributed by atoms with Crippen molar-refractivity contribution in [3.8, 4) is 0 Å². The Bertz CT molecular complexity index is 452. The molecule has 1 nitrogen and oxygen atoms in total. The summed E-state index contributed by atoms with van der Waals surface area (Å²) in [6.45, 7) is 0. The van der Waals surface area contributed by atoms with Gasteiger partial charge in [0, 0.05) is 10.0 Å². The molecule has 17 heavy (non-hydrogen) atoms. The van der Waals surface area contributed by atoms with Gasteiger partial charge in [0.2, 0.25) is 0 Å². The van der Waals surface area contributed by atoms with Crippen LogP contribution in [0.4, 0.5) is 17.6 Å². The van der Waals surface area contributed by atoms with Crippen molar-refractivity contribution in [3.63, 3.8) is 0 Å². The lowest BCUT2D eigenvalue weighted by Gasteiger charge is -2.37. The Kier molecular flexibility index (Phi) is 2.98. The number of hydrogen-bond donors (Lipinski definition) is 1. The van der Waals surface area contributed by atoms with Crippen LogP contribution in [0.15, 0.2) is 16.6 Å². The molecular weight excluding hydrogens is 304 g/mol. The van der Waals surface area contributed by atoms with Crippen LogP contribution in [-0.2, 0) is 11.8 Å². The van der Waals surface area contributed by atoms with Crippen molar-refractivity contribution in [1.82, 2.24) is 0 Å². The monoisotopic (exact) mass is 312 g/mol. The van der Waals surface area contributed by atoms with Gasteiger partial charge >= 0.3 is 6.18 Å². The largest absolute Gasteiger partial charge is 0.419 e. The van der Waals surface area contributed by atoms with Crippen LogP contribution in [0.2, 0.25) is 0 Å². The molecule has 0 saturated heterocycles. The highest BCUT2D eigenvalue weighted by molar-refractivity contribution is 9.10. The number of hydrogen-bond acceptors (Lipinski definition) is 1. The van der Waals surface area contributed by atoms with E-state index in [9.17, 15) is 22.7 Å². The topological polar surface area (TPSA) is 20.2 Å². The molecule has 0 bridgehead atoms. The van der Waals surface area contributed by atoms with E-state index in [0.29, 0.717) is 12.5 Å². The van der Waals surface area contributed by atoms with Crippen LogP contribution < -0.4 is 0 Å². The van der Waals surface area contributed by atoms with E-state index in [1.54, 1.807) is 0 Å². The third kappa shape index (κ3) is 2.20. The van der Waals surface area contributed by atoms with Crippen LogP contribution >= 0.6 is 15.9 Å². The molecule has 2 rings (SSSR count). The van der Waals surface area contributed by atoms with Crippen molar-refractivity contribution in [2.75, 3.05) is 0 Å². The third-order valence-corrected chi connectivity index (χ3v) is 3.48. The molecule has 0 atom stereocenters. The normalized spacial score (nSPS) is 18.9. The minimum absolute atomic E-state index is 0.113. The van der Waals surface area contributed by atoms with Gasteiger partial charge in [-0.25, -0.2) is 4.39 Å². The molecule has 94 valence electrons. The van der Waals surface area contributed by atoms with E-state index < -0.39 is 23.2 Å². The second-order valence-corrected chi connectivity index (χ2v) is 5.11. The third-order valence-electron chi connectivity index (χ3n) is 3.02. The molecule has 0 heterocycles. The summed E-state index contributed by atoms with van der Waals surface area (Å²) in [5.41, 5.74) is -3.07. The number of aliphatic hydroxyl groups is 1. The first-order valence-electron chi connectivity index (χ1n) is 5.03. The molecule has 0 spiro atoms. The van der Waals surface area contributed by atoms with Gasteiger partial charge in [-0.05, 0) is 31.4 Å². The Hall–Kier alpha value is -0.620. The van der Waals surface area contributed by atoms with Crippen LogP contribution in [0.5, 0.6) is 0 Å². The minimum atomic E-state index is -4.76. The highest BCUT2D eigenvalue weighted by Crippen LogP contribution is 2.45. The lowest BCUT2D eigenvalue weighted by molar-refractivity contribution is -0.140. The van der Waals surface area contributed by atoms with E-state index in [1.807, 2.05) is 0 Å². The van der Waals surface area contributed by atoms with Gasteiger partial charge in [0.25, 0.3) is 0 Å². The fraction of sp³-hybridized carbons (Fsp3) is 0.455. The molecule has 1 saturated carbocycles. The van der Waals surface area contributed by atoms with Gasteiger partial charge in [-0.3, -0.25) is 0 Å². The zero-order valence-corrected chi connectivity index (χ0v) is 10.2. The molecule has 1 N–H and O–H groups in total. The summed E-state index contributed by atoms with van der Waals surface area (Å²) in [5, 5.41) is 9.95. The predicted octanol–water partition coefficient (Wildman–Crippen LogP) is 3.98. The van der Waals surface area contributed by atoms with Crippen molar-refractivity contribution in [2.24, 2.45) is 0 Å². The summed E-state index contributed by atoms with van der Waals surface area (Å²) in [4.78, 5) is 0. The quantitative estimate of drug-likeness (QED) is 0.778. The standard InChI is InChI=1S/C11H9BrF4O/c12-6-4-7(10(17)2-1-3-10)9(13)8(5-6)11(14,15)16/h4-5,17H,1-3H2. The maximum atomic E-state index is 13.8. The average Bonchev–Trinajstić information content (AvgIpc) is 2.16. The number of alkyl halides is 3. The zero-order chi connectivity index (χ0) is 12.8. The highest BCUT2D eigenvalue weighted by Gasteiger charge is 2.43. The predicted molar refractivity (Wildman–Crippen MR) is 56.8 cm³/mol. The first-order chi connectivity index (χ1) is 7.74. The van der Waals surface area contributed by atoms with Gasteiger partial charge in [0.15, 0.2) is 0 Å². The van der Waals surface area contributed by atoms with E-state index in [4.69, 9.17) is 0 Å². The number of benzene rings is 1. The summed E-state index contributed by atoms with van der Waals surface area (Å²) in [6, 6.07) is 1.89. The van der Waals surface area contributed by atoms with Crippen molar-refractivity contribution in [1.29, 1.82) is 0 Å². The molecule has 1 aromatic carbocycles. The average molecular weight is 313 g/mol. The fourth-order valence-corrected chi connectivity index (χ4v) is 2.37. The molecule has 1 aliphatic rings. The Morgan fingerprint density at radius 1 is 1.24 bits per heavy atom. The minimum Gasteiger partial charge on any atom is -0.385 e. The van der Waals surface area contributed by atoms with Crippen LogP contribution in [0.25, 0.3) is 0 Å². The SMILES string of the molecule is OC1(c2cc(Br)cc(C(F)(F)F)c2F)CCC1. The Labute approximate surface area is 104 Å². The summed E-state index contributed by atoms with van der Waals surface area (Å²) in [6.07, 6.45) is -3.50. The Balaban J connectivity index is 2.58. The van der Waals surface area contributed by atoms with E-state index in [-0.39, 0.29) is 22.9 Å². The maximum Gasteiger partial charge on any atom is 0.419 e. The van der Waals surface area contributed by atoms with E-state index in [2.05, 4.69) is 15.9 Å². The van der Waals surface area contributed by atoms with Gasteiger partial charge in [-0.15, -0.1) is 0 Å². The van der Waals surface area contributed by atoms with Gasteiger partial charge < -0.3 is 5.11 Å². The zero-order valence-electron chi connectivity index (χ0n) is 8.61. The van der Waals surface area contributed by atoms with Crippen molar-refractivity contribution >= 4 is 15.9 Å². The van der Waals surface area contributed by atoms with Crippen LogP contribution in [0.3, 0.4) is 0 Å². The maximum absolute atomic E-state index is 13.8. The Morgan fingerprint density at radius 2 is 1.82 bits per heavy atom. The molecule has 6 heteroatoms. The van der Waals surface area contributed by atoms with Crippen LogP contribution in [-0.4, -0.2) is 5.11 Å². The van der Waals surface area contributed by atoms with Gasteiger partial charge in [-0.1, -0.05) is 15.9 Å². The first kappa shape index (κ1) is 12.8. The summed E-state index contributed by atoms with van der Waals surface area (Å²) < 4.78 is 51.6. The first-order valence-corrected chi connectivity index (χ1v) is 5.82. The van der Waals surface area contributed by atoms with Crippen molar-refractivity contribution in [2.45, 2.75) is 31.0 Å². The second-order valence-electron chi connectivity index (χ2n) is 4.20. The molecular formula is C11H9BrF4O. The Morgan fingerprint density at radius 3 is 2.24 bits per heavy atom. The highest BCUT2D eigenvalue weighted by atomic mass is 79.9. The summed E-state index contributed by atoms with van der Waals surface area (Å²) in [7, 11) is 0. The summed E-state index contributed by atoms with van der Waals surface area (Å²) in [5.74, 6) is -1.37. The molecule has 0 aromatic heterocycles. The second kappa shape index (κ2) is 3.95. The van der Waals surface area contributed by atoms with Gasteiger partial charge in [0.05, 0.1) is 11.2 Å². The van der Waals surface area contributed by atoms with Gasteiger partial charge in [0.1, 0.15) is 5.82 Å². The van der Waals surface area contributed by atoms with Crippen LogP contribution in [0.1, 0.15) is 30.4 Å². The number of rotatable bonds is 1. The van der Waals surface area contributed by atoms with Crippen molar-refractivity contribution < 1.29 is 22.7 Å². The molecule has 1 aromatic rings. The van der Waals surface area contributed by atoms with Crippen LogP contribution in [0, 0.1) is 5.82 Å². The fourth-order valence-electron chi connectivity index (χ4n) is 1.92. The van der Waals surface area contributed by atoms with E-state index >= 15 is 0 Å². The molecule has 0 unspecified atom stereocenters. The van der Waals surface area contributed by atoms with E-state index in [1.165, 1.54) is 6.07 Å². The number of halogens is 5. The molecule has 0 radical (unpaired) electrons. The molecule has 0 amide bonds. The molecule has 1 aliphatic carbocycles. The smallest absolute Gasteiger partial charge is 0.385 e.